The van der Waals surface area contributed by atoms with E-state index in [-0.39, 0.29) is 0 Å². The predicted molar refractivity (Wildman–Crippen MR) is 84.3 cm³/mol. The van der Waals surface area contributed by atoms with Crippen molar-refractivity contribution in [3.05, 3.63) is 33.3 Å². The summed E-state index contributed by atoms with van der Waals surface area (Å²) in [6, 6.07) is 6.48. The van der Waals surface area contributed by atoms with Crippen LogP contribution in [0.1, 0.15) is 52.1 Å². The number of hydrogen-bond acceptors (Lipinski definition) is 1. The molecule has 0 amide bonds. The van der Waals surface area contributed by atoms with Crippen LogP contribution in [-0.2, 0) is 0 Å². The first-order valence-electron chi connectivity index (χ1n) is 6.52. The van der Waals surface area contributed by atoms with Gasteiger partial charge >= 0.3 is 0 Å². The topological polar surface area (TPSA) is 12.0 Å². The Morgan fingerprint density at radius 3 is 2.50 bits per heavy atom. The SMILES string of the molecule is CCNC(CCC(C)(C)C)c1ccc(Br)cc1Cl. The molecule has 0 heterocycles. The third kappa shape index (κ3) is 5.29. The summed E-state index contributed by atoms with van der Waals surface area (Å²) in [4.78, 5) is 0. The van der Waals surface area contributed by atoms with Crippen LogP contribution >= 0.6 is 27.5 Å². The molecule has 18 heavy (non-hydrogen) atoms. The highest BCUT2D eigenvalue weighted by Gasteiger charge is 2.18. The second-order valence-electron chi connectivity index (χ2n) is 5.88. The fourth-order valence-electron chi connectivity index (χ4n) is 1.98. The van der Waals surface area contributed by atoms with Gasteiger partial charge in [0.25, 0.3) is 0 Å². The molecule has 1 aromatic carbocycles. The highest BCUT2D eigenvalue weighted by molar-refractivity contribution is 9.10. The van der Waals surface area contributed by atoms with Gasteiger partial charge in [0.2, 0.25) is 0 Å². The van der Waals surface area contributed by atoms with Crippen molar-refractivity contribution in [3.63, 3.8) is 0 Å². The first-order valence-corrected chi connectivity index (χ1v) is 7.69. The van der Waals surface area contributed by atoms with Crippen molar-refractivity contribution in [1.82, 2.24) is 5.32 Å². The zero-order chi connectivity index (χ0) is 13.8. The smallest absolute Gasteiger partial charge is 0.0465 e. The molecule has 0 fully saturated rings. The molecule has 0 bridgehead atoms. The molecule has 0 saturated carbocycles. The molecule has 0 aliphatic carbocycles. The molecular weight excluding hydrogens is 310 g/mol. The Morgan fingerprint density at radius 2 is 2.00 bits per heavy atom. The zero-order valence-electron chi connectivity index (χ0n) is 11.7. The molecule has 1 atom stereocenters. The second-order valence-corrected chi connectivity index (χ2v) is 7.20. The van der Waals surface area contributed by atoms with E-state index in [1.54, 1.807) is 0 Å². The van der Waals surface area contributed by atoms with Crippen molar-refractivity contribution in [2.75, 3.05) is 6.54 Å². The van der Waals surface area contributed by atoms with Crippen molar-refractivity contribution in [3.8, 4) is 0 Å². The molecular formula is C15H23BrClN. The molecule has 1 rings (SSSR count). The van der Waals surface area contributed by atoms with Gasteiger partial charge in [-0.1, -0.05) is 61.3 Å². The van der Waals surface area contributed by atoms with Crippen LogP contribution in [0.15, 0.2) is 22.7 Å². The van der Waals surface area contributed by atoms with Crippen molar-refractivity contribution in [1.29, 1.82) is 0 Å². The lowest BCUT2D eigenvalue weighted by atomic mass is 9.87. The van der Waals surface area contributed by atoms with E-state index in [1.807, 2.05) is 6.07 Å². The number of nitrogens with one attached hydrogen (secondary N) is 1. The van der Waals surface area contributed by atoms with Gasteiger partial charge in [0.15, 0.2) is 0 Å². The minimum atomic E-state index is 0.342. The maximum atomic E-state index is 6.34. The van der Waals surface area contributed by atoms with Gasteiger partial charge in [-0.3, -0.25) is 0 Å². The van der Waals surface area contributed by atoms with Crippen LogP contribution in [0.25, 0.3) is 0 Å². The van der Waals surface area contributed by atoms with Crippen LogP contribution < -0.4 is 5.32 Å². The Balaban J connectivity index is 2.83. The minimum absolute atomic E-state index is 0.342. The summed E-state index contributed by atoms with van der Waals surface area (Å²) in [5.41, 5.74) is 1.56. The summed E-state index contributed by atoms with van der Waals surface area (Å²) in [6.45, 7) is 9.93. The van der Waals surface area contributed by atoms with Gasteiger partial charge in [-0.2, -0.15) is 0 Å². The van der Waals surface area contributed by atoms with E-state index in [9.17, 15) is 0 Å². The third-order valence-corrected chi connectivity index (χ3v) is 3.79. The van der Waals surface area contributed by atoms with E-state index in [4.69, 9.17) is 11.6 Å². The molecule has 1 unspecified atom stereocenters. The lowest BCUT2D eigenvalue weighted by Gasteiger charge is -2.25. The summed E-state index contributed by atoms with van der Waals surface area (Å²) in [5, 5.41) is 4.37. The van der Waals surface area contributed by atoms with Gasteiger partial charge in [0.05, 0.1) is 0 Å². The Bertz CT molecular complexity index is 385. The third-order valence-electron chi connectivity index (χ3n) is 2.97. The molecule has 0 aliphatic heterocycles. The summed E-state index contributed by atoms with van der Waals surface area (Å²) in [7, 11) is 0. The van der Waals surface area contributed by atoms with Gasteiger partial charge in [-0.25, -0.2) is 0 Å². The van der Waals surface area contributed by atoms with Gasteiger partial charge in [0.1, 0.15) is 0 Å². The number of halogens is 2. The quantitative estimate of drug-likeness (QED) is 0.742. The Morgan fingerprint density at radius 1 is 1.33 bits per heavy atom. The number of hydrogen-bond donors (Lipinski definition) is 1. The van der Waals surface area contributed by atoms with E-state index < -0.39 is 0 Å². The first kappa shape index (κ1) is 16.0. The summed E-state index contributed by atoms with van der Waals surface area (Å²) in [6.07, 6.45) is 2.29. The molecule has 0 aromatic heterocycles. The second kappa shape index (κ2) is 6.93. The van der Waals surface area contributed by atoms with Crippen molar-refractivity contribution in [2.45, 2.75) is 46.6 Å². The van der Waals surface area contributed by atoms with Crippen LogP contribution in [0.4, 0.5) is 0 Å². The van der Waals surface area contributed by atoms with Gasteiger partial charge in [-0.05, 0) is 42.5 Å². The number of rotatable bonds is 5. The van der Waals surface area contributed by atoms with Crippen molar-refractivity contribution >= 4 is 27.5 Å². The first-order chi connectivity index (χ1) is 8.33. The maximum absolute atomic E-state index is 6.34. The normalized spacial score (nSPS) is 13.7. The molecule has 0 aliphatic rings. The van der Waals surface area contributed by atoms with Gasteiger partial charge in [-0.15, -0.1) is 0 Å². The molecule has 3 heteroatoms. The minimum Gasteiger partial charge on any atom is -0.310 e. The highest BCUT2D eigenvalue weighted by Crippen LogP contribution is 2.32. The lowest BCUT2D eigenvalue weighted by molar-refractivity contribution is 0.334. The van der Waals surface area contributed by atoms with Crippen LogP contribution in [0.5, 0.6) is 0 Å². The van der Waals surface area contributed by atoms with Crippen molar-refractivity contribution < 1.29 is 0 Å². The van der Waals surface area contributed by atoms with E-state index >= 15 is 0 Å². The van der Waals surface area contributed by atoms with E-state index in [1.165, 1.54) is 12.0 Å². The fraction of sp³-hybridized carbons (Fsp3) is 0.600. The molecule has 1 N–H and O–H groups in total. The molecule has 0 spiro atoms. The Labute approximate surface area is 124 Å². The highest BCUT2D eigenvalue weighted by atomic mass is 79.9. The molecule has 102 valence electrons. The molecule has 1 aromatic rings. The summed E-state index contributed by atoms with van der Waals surface area (Å²) in [5.74, 6) is 0. The predicted octanol–water partition coefficient (Wildman–Crippen LogP) is 5.58. The van der Waals surface area contributed by atoms with Gasteiger partial charge < -0.3 is 5.32 Å². The van der Waals surface area contributed by atoms with Crippen LogP contribution in [0.3, 0.4) is 0 Å². The zero-order valence-corrected chi connectivity index (χ0v) is 14.0. The Hall–Kier alpha value is -0.0500. The van der Waals surface area contributed by atoms with E-state index in [2.05, 4.69) is 61.1 Å². The van der Waals surface area contributed by atoms with Crippen LogP contribution in [0, 0.1) is 5.41 Å². The molecule has 0 saturated heterocycles. The maximum Gasteiger partial charge on any atom is 0.0465 e. The monoisotopic (exact) mass is 331 g/mol. The van der Waals surface area contributed by atoms with Crippen molar-refractivity contribution in [2.24, 2.45) is 5.41 Å². The molecule has 1 nitrogen and oxygen atoms in total. The Kier molecular flexibility index (Phi) is 6.16. The fourth-order valence-corrected chi connectivity index (χ4v) is 2.78. The van der Waals surface area contributed by atoms with Crippen LogP contribution in [0.2, 0.25) is 5.02 Å². The van der Waals surface area contributed by atoms with Gasteiger partial charge in [0, 0.05) is 15.5 Å². The number of benzene rings is 1. The summed E-state index contributed by atoms with van der Waals surface area (Å²) >= 11 is 9.79. The average molecular weight is 333 g/mol. The molecule has 0 radical (unpaired) electrons. The largest absolute Gasteiger partial charge is 0.310 e. The van der Waals surface area contributed by atoms with E-state index in [0.717, 1.165) is 22.5 Å². The van der Waals surface area contributed by atoms with E-state index in [0.29, 0.717) is 11.5 Å². The average Bonchev–Trinajstić information content (AvgIpc) is 2.24. The van der Waals surface area contributed by atoms with Crippen LogP contribution in [-0.4, -0.2) is 6.54 Å². The summed E-state index contributed by atoms with van der Waals surface area (Å²) < 4.78 is 1.03. The standard InChI is InChI=1S/C15H23BrClN/c1-5-18-14(8-9-15(2,3)4)12-7-6-11(16)10-13(12)17/h6-7,10,14,18H,5,8-9H2,1-4H3. The lowest BCUT2D eigenvalue weighted by Crippen LogP contribution is -2.23.